The van der Waals surface area contributed by atoms with E-state index in [9.17, 15) is 5.11 Å². The minimum atomic E-state index is -0.469. The summed E-state index contributed by atoms with van der Waals surface area (Å²) in [5.41, 5.74) is 6.52. The number of nitrogens with zero attached hydrogens (tertiary/aromatic N) is 1. The molecule has 1 aromatic carbocycles. The van der Waals surface area contributed by atoms with Crippen molar-refractivity contribution in [1.29, 1.82) is 0 Å². The molecule has 0 bridgehead atoms. The van der Waals surface area contributed by atoms with Crippen molar-refractivity contribution in [1.82, 2.24) is 4.98 Å². The lowest BCUT2D eigenvalue weighted by molar-refractivity contribution is 0.184. The molecule has 0 aliphatic rings. The topological polar surface area (TPSA) is 59.1 Å². The highest BCUT2D eigenvalue weighted by Crippen LogP contribution is 2.18. The summed E-state index contributed by atoms with van der Waals surface area (Å²) >= 11 is 0. The fourth-order valence-corrected chi connectivity index (χ4v) is 1.70. The molecule has 0 aliphatic heterocycles. The molecule has 15 heavy (non-hydrogen) atoms. The molecule has 0 radical (unpaired) electrons. The monoisotopic (exact) mass is 202 g/mol. The number of aliphatic hydroxyl groups is 1. The van der Waals surface area contributed by atoms with Gasteiger partial charge in [-0.25, -0.2) is 0 Å². The summed E-state index contributed by atoms with van der Waals surface area (Å²) in [5.74, 6) is 0. The van der Waals surface area contributed by atoms with Crippen LogP contribution in [0.2, 0.25) is 0 Å². The summed E-state index contributed by atoms with van der Waals surface area (Å²) in [6.45, 7) is 0.293. The van der Waals surface area contributed by atoms with Gasteiger partial charge in [-0.05, 0) is 17.0 Å². The minimum absolute atomic E-state index is 0.293. The molecule has 0 spiro atoms. The summed E-state index contributed by atoms with van der Waals surface area (Å²) < 4.78 is 0. The SMILES string of the molecule is NCC(O)Cc1cccc2cnccc12. The van der Waals surface area contributed by atoms with Crippen LogP contribution in [-0.4, -0.2) is 22.7 Å². The van der Waals surface area contributed by atoms with Gasteiger partial charge in [-0.15, -0.1) is 0 Å². The second-order valence-electron chi connectivity index (χ2n) is 3.61. The van der Waals surface area contributed by atoms with E-state index in [-0.39, 0.29) is 0 Å². The molecule has 2 aromatic rings. The van der Waals surface area contributed by atoms with E-state index in [1.807, 2.05) is 30.5 Å². The van der Waals surface area contributed by atoms with Crippen LogP contribution in [-0.2, 0) is 6.42 Å². The van der Waals surface area contributed by atoms with Crippen LogP contribution in [0.4, 0.5) is 0 Å². The predicted octanol–water partition coefficient (Wildman–Crippen LogP) is 1.10. The zero-order valence-corrected chi connectivity index (χ0v) is 8.43. The fraction of sp³-hybridized carbons (Fsp3) is 0.250. The van der Waals surface area contributed by atoms with Crippen molar-refractivity contribution in [3.63, 3.8) is 0 Å². The van der Waals surface area contributed by atoms with Crippen LogP contribution in [0.25, 0.3) is 10.8 Å². The molecule has 0 saturated carbocycles. The molecule has 3 nitrogen and oxygen atoms in total. The summed E-state index contributed by atoms with van der Waals surface area (Å²) in [7, 11) is 0. The molecule has 0 aliphatic carbocycles. The van der Waals surface area contributed by atoms with Gasteiger partial charge in [0.2, 0.25) is 0 Å². The highest BCUT2D eigenvalue weighted by molar-refractivity contribution is 5.84. The predicted molar refractivity (Wildman–Crippen MR) is 60.5 cm³/mol. The Bertz CT molecular complexity index is 451. The zero-order chi connectivity index (χ0) is 10.7. The smallest absolute Gasteiger partial charge is 0.0702 e. The van der Waals surface area contributed by atoms with Crippen molar-refractivity contribution < 1.29 is 5.11 Å². The second-order valence-corrected chi connectivity index (χ2v) is 3.61. The van der Waals surface area contributed by atoms with Crippen molar-refractivity contribution in [2.45, 2.75) is 12.5 Å². The number of fused-ring (bicyclic) bond motifs is 1. The molecular weight excluding hydrogens is 188 g/mol. The summed E-state index contributed by atoms with van der Waals surface area (Å²) in [6.07, 6.45) is 3.72. The Labute approximate surface area is 88.6 Å². The average Bonchev–Trinajstić information content (AvgIpc) is 2.29. The van der Waals surface area contributed by atoms with E-state index in [0.717, 1.165) is 16.3 Å². The maximum absolute atomic E-state index is 9.53. The number of rotatable bonds is 3. The molecule has 1 unspecified atom stereocenters. The highest BCUT2D eigenvalue weighted by atomic mass is 16.3. The molecule has 1 atom stereocenters. The van der Waals surface area contributed by atoms with Crippen LogP contribution in [0.5, 0.6) is 0 Å². The lowest BCUT2D eigenvalue weighted by atomic mass is 10.0. The maximum Gasteiger partial charge on any atom is 0.0702 e. The fourth-order valence-electron chi connectivity index (χ4n) is 1.70. The lowest BCUT2D eigenvalue weighted by Crippen LogP contribution is -2.22. The minimum Gasteiger partial charge on any atom is -0.391 e. The molecule has 1 aromatic heterocycles. The summed E-state index contributed by atoms with van der Waals surface area (Å²) in [5, 5.41) is 11.8. The number of benzene rings is 1. The van der Waals surface area contributed by atoms with Crippen molar-refractivity contribution >= 4 is 10.8 Å². The standard InChI is InChI=1S/C12H14N2O/c13-7-11(15)6-9-2-1-3-10-8-14-5-4-12(9)10/h1-5,8,11,15H,6-7,13H2. The molecule has 2 rings (SSSR count). The number of pyridine rings is 1. The van der Waals surface area contributed by atoms with Crippen LogP contribution in [0.15, 0.2) is 36.7 Å². The number of hydrogen-bond donors (Lipinski definition) is 2. The van der Waals surface area contributed by atoms with Gasteiger partial charge in [0.1, 0.15) is 0 Å². The summed E-state index contributed by atoms with van der Waals surface area (Å²) in [4.78, 5) is 4.07. The Hall–Kier alpha value is -1.45. The quantitative estimate of drug-likeness (QED) is 0.783. The molecule has 0 fully saturated rings. The van der Waals surface area contributed by atoms with Crippen LogP contribution >= 0.6 is 0 Å². The first-order chi connectivity index (χ1) is 7.31. The van der Waals surface area contributed by atoms with Crippen LogP contribution in [0.3, 0.4) is 0 Å². The van der Waals surface area contributed by atoms with E-state index in [4.69, 9.17) is 5.73 Å². The van der Waals surface area contributed by atoms with Gasteiger partial charge in [-0.2, -0.15) is 0 Å². The van der Waals surface area contributed by atoms with Crippen LogP contribution in [0.1, 0.15) is 5.56 Å². The Morgan fingerprint density at radius 3 is 3.00 bits per heavy atom. The molecule has 0 saturated heterocycles. The number of hydrogen-bond acceptors (Lipinski definition) is 3. The number of nitrogens with two attached hydrogens (primary N) is 1. The van der Waals surface area contributed by atoms with Crippen LogP contribution < -0.4 is 5.73 Å². The first kappa shape index (κ1) is 10.1. The third-order valence-corrected chi connectivity index (χ3v) is 2.50. The van der Waals surface area contributed by atoms with E-state index < -0.39 is 6.10 Å². The van der Waals surface area contributed by atoms with Crippen molar-refractivity contribution in [3.8, 4) is 0 Å². The Kier molecular flexibility index (Phi) is 2.94. The van der Waals surface area contributed by atoms with Crippen molar-refractivity contribution in [2.24, 2.45) is 5.73 Å². The number of aliphatic hydroxyl groups excluding tert-OH is 1. The normalized spacial score (nSPS) is 12.9. The zero-order valence-electron chi connectivity index (χ0n) is 8.43. The molecular formula is C12H14N2O. The van der Waals surface area contributed by atoms with Gasteiger partial charge in [0.05, 0.1) is 6.10 Å². The second kappa shape index (κ2) is 4.38. The van der Waals surface area contributed by atoms with Gasteiger partial charge in [-0.3, -0.25) is 4.98 Å². The highest BCUT2D eigenvalue weighted by Gasteiger charge is 2.06. The van der Waals surface area contributed by atoms with Gasteiger partial charge < -0.3 is 10.8 Å². The third kappa shape index (κ3) is 2.14. The Morgan fingerprint density at radius 1 is 1.33 bits per heavy atom. The van der Waals surface area contributed by atoms with Crippen molar-refractivity contribution in [3.05, 3.63) is 42.2 Å². The van der Waals surface area contributed by atoms with Gasteiger partial charge >= 0.3 is 0 Å². The molecule has 3 heteroatoms. The van der Waals surface area contributed by atoms with Crippen LogP contribution in [0, 0.1) is 0 Å². The largest absolute Gasteiger partial charge is 0.391 e. The number of aromatic nitrogens is 1. The van der Waals surface area contributed by atoms with E-state index in [2.05, 4.69) is 4.98 Å². The van der Waals surface area contributed by atoms with E-state index in [1.165, 1.54) is 0 Å². The molecule has 78 valence electrons. The first-order valence-corrected chi connectivity index (χ1v) is 5.01. The Morgan fingerprint density at radius 2 is 2.20 bits per heavy atom. The third-order valence-electron chi connectivity index (χ3n) is 2.50. The Balaban J connectivity index is 2.42. The first-order valence-electron chi connectivity index (χ1n) is 5.01. The maximum atomic E-state index is 9.53. The average molecular weight is 202 g/mol. The van der Waals surface area contributed by atoms with Gasteiger partial charge in [-0.1, -0.05) is 18.2 Å². The van der Waals surface area contributed by atoms with E-state index in [0.29, 0.717) is 13.0 Å². The molecule has 1 heterocycles. The summed E-state index contributed by atoms with van der Waals surface area (Å²) in [6, 6.07) is 7.97. The van der Waals surface area contributed by atoms with Gasteiger partial charge in [0, 0.05) is 30.7 Å². The molecule has 0 amide bonds. The van der Waals surface area contributed by atoms with Gasteiger partial charge in [0.15, 0.2) is 0 Å². The van der Waals surface area contributed by atoms with E-state index in [1.54, 1.807) is 6.20 Å². The lowest BCUT2D eigenvalue weighted by Gasteiger charge is -2.09. The van der Waals surface area contributed by atoms with E-state index >= 15 is 0 Å². The van der Waals surface area contributed by atoms with Gasteiger partial charge in [0.25, 0.3) is 0 Å². The molecule has 3 N–H and O–H groups in total. The van der Waals surface area contributed by atoms with Crippen molar-refractivity contribution in [2.75, 3.05) is 6.54 Å².